The molecule has 0 saturated carbocycles. The van der Waals surface area contributed by atoms with E-state index in [-0.39, 0.29) is 17.9 Å². The first kappa shape index (κ1) is 26.3. The Bertz CT molecular complexity index is 527. The molecule has 8 nitrogen and oxygen atoms in total. The van der Waals surface area contributed by atoms with Crippen LogP contribution >= 0.6 is 12.0 Å². The Balaban J connectivity index is 1.98. The highest BCUT2D eigenvalue weighted by Crippen LogP contribution is 2.42. The van der Waals surface area contributed by atoms with Crippen LogP contribution in [0.1, 0.15) is 67.2 Å². The summed E-state index contributed by atoms with van der Waals surface area (Å²) >= 11 is 0.827. The third kappa shape index (κ3) is 5.50. The molecule has 8 unspecified atom stereocenters. The van der Waals surface area contributed by atoms with Crippen LogP contribution in [0.3, 0.4) is 0 Å². The standard InChI is InChI=1S/C21H40O8S/c1-7-20(5,8-2)12-11-26-17(14(23)13(12)22)27-19-16(25)15(24)18(29-30-19)28-21(6,9-3)10-4/h12-19,22-25H,7-11H2,1-6H3. The summed E-state index contributed by atoms with van der Waals surface area (Å²) in [5.41, 5.74) is -1.65. The molecule has 4 N–H and O–H groups in total. The van der Waals surface area contributed by atoms with Gasteiger partial charge in [0, 0.05) is 18.0 Å². The lowest BCUT2D eigenvalue weighted by molar-refractivity contribution is -0.296. The highest BCUT2D eigenvalue weighted by molar-refractivity contribution is 7.95. The van der Waals surface area contributed by atoms with Gasteiger partial charge in [0.1, 0.15) is 18.3 Å². The summed E-state index contributed by atoms with van der Waals surface area (Å²) in [5, 5.41) is 42.3. The average molecular weight is 453 g/mol. The summed E-state index contributed by atoms with van der Waals surface area (Å²) in [7, 11) is 0. The van der Waals surface area contributed by atoms with E-state index >= 15 is 0 Å². The number of hydrogen-bond acceptors (Lipinski definition) is 9. The molecule has 0 aromatic rings. The summed E-state index contributed by atoms with van der Waals surface area (Å²) < 4.78 is 22.9. The molecule has 2 heterocycles. The summed E-state index contributed by atoms with van der Waals surface area (Å²) in [5.74, 6) is -0.230. The van der Waals surface area contributed by atoms with Crippen LogP contribution in [0.2, 0.25) is 0 Å². The number of hydrogen-bond donors (Lipinski definition) is 4. The summed E-state index contributed by atoms with van der Waals surface area (Å²) in [6.07, 6.45) is -3.91. The van der Waals surface area contributed by atoms with E-state index in [1.165, 1.54) is 0 Å². The van der Waals surface area contributed by atoms with Crippen LogP contribution in [0.5, 0.6) is 0 Å². The first-order valence-electron chi connectivity index (χ1n) is 11.0. The maximum absolute atomic E-state index is 10.7. The highest BCUT2D eigenvalue weighted by atomic mass is 32.2. The van der Waals surface area contributed by atoms with Crippen molar-refractivity contribution in [2.24, 2.45) is 11.3 Å². The van der Waals surface area contributed by atoms with Gasteiger partial charge in [-0.1, -0.05) is 47.5 Å². The Morgan fingerprint density at radius 1 is 0.833 bits per heavy atom. The first-order chi connectivity index (χ1) is 14.1. The van der Waals surface area contributed by atoms with Crippen LogP contribution in [0.4, 0.5) is 0 Å². The molecule has 0 amide bonds. The molecule has 0 radical (unpaired) electrons. The summed E-state index contributed by atoms with van der Waals surface area (Å²) in [6.45, 7) is 12.3. The van der Waals surface area contributed by atoms with Gasteiger partial charge in [0.05, 0.1) is 18.3 Å². The first-order valence-corrected chi connectivity index (χ1v) is 11.9. The molecule has 0 bridgehead atoms. The van der Waals surface area contributed by atoms with Crippen molar-refractivity contribution in [1.29, 1.82) is 0 Å². The van der Waals surface area contributed by atoms with Crippen LogP contribution in [0.25, 0.3) is 0 Å². The molecule has 8 atom stereocenters. The topological polar surface area (TPSA) is 118 Å². The van der Waals surface area contributed by atoms with Crippen molar-refractivity contribution in [1.82, 2.24) is 0 Å². The predicted molar refractivity (Wildman–Crippen MR) is 113 cm³/mol. The number of ether oxygens (including phenoxy) is 3. The Hall–Kier alpha value is 0.0300. The minimum atomic E-state index is -1.32. The summed E-state index contributed by atoms with van der Waals surface area (Å²) in [4.78, 5) is 0. The molecule has 2 aliphatic rings. The molecule has 178 valence electrons. The molecule has 2 fully saturated rings. The van der Waals surface area contributed by atoms with Gasteiger partial charge in [-0.25, -0.2) is 0 Å². The molecule has 0 spiro atoms. The minimum Gasteiger partial charge on any atom is -0.390 e. The maximum atomic E-state index is 10.7. The van der Waals surface area contributed by atoms with Gasteiger partial charge < -0.3 is 34.6 Å². The van der Waals surface area contributed by atoms with E-state index in [2.05, 4.69) is 20.8 Å². The second-order valence-electron chi connectivity index (χ2n) is 8.97. The zero-order valence-electron chi connectivity index (χ0n) is 19.0. The van der Waals surface area contributed by atoms with E-state index in [1.54, 1.807) is 0 Å². The number of rotatable bonds is 9. The Labute approximate surface area is 184 Å². The third-order valence-electron chi connectivity index (χ3n) is 7.31. The van der Waals surface area contributed by atoms with Gasteiger partial charge >= 0.3 is 0 Å². The van der Waals surface area contributed by atoms with Crippen molar-refractivity contribution in [2.75, 3.05) is 6.61 Å². The Morgan fingerprint density at radius 2 is 1.40 bits per heavy atom. The van der Waals surface area contributed by atoms with Gasteiger partial charge in [-0.3, -0.25) is 4.18 Å². The van der Waals surface area contributed by atoms with Crippen molar-refractivity contribution in [3.05, 3.63) is 0 Å². The molecule has 0 aliphatic carbocycles. The van der Waals surface area contributed by atoms with Gasteiger partial charge in [-0.2, -0.15) is 0 Å². The maximum Gasteiger partial charge on any atom is 0.199 e. The molecule has 2 rings (SSSR count). The van der Waals surface area contributed by atoms with Crippen molar-refractivity contribution in [3.8, 4) is 0 Å². The van der Waals surface area contributed by atoms with E-state index in [0.717, 1.165) is 37.7 Å². The van der Waals surface area contributed by atoms with Crippen molar-refractivity contribution in [2.45, 2.75) is 115 Å². The average Bonchev–Trinajstić information content (AvgIpc) is 2.75. The van der Waals surface area contributed by atoms with Crippen molar-refractivity contribution < 1.29 is 38.8 Å². The quantitative estimate of drug-likeness (QED) is 0.390. The molecule has 0 aromatic heterocycles. The monoisotopic (exact) mass is 452 g/mol. The molecule has 2 aliphatic heterocycles. The van der Waals surface area contributed by atoms with Gasteiger partial charge in [-0.05, 0) is 25.2 Å². The molecule has 0 aromatic carbocycles. The van der Waals surface area contributed by atoms with Crippen LogP contribution in [0.15, 0.2) is 0 Å². The van der Waals surface area contributed by atoms with Gasteiger partial charge in [0.25, 0.3) is 0 Å². The summed E-state index contributed by atoms with van der Waals surface area (Å²) in [6, 6.07) is 0. The fourth-order valence-corrected chi connectivity index (χ4v) is 4.67. The fraction of sp³-hybridized carbons (Fsp3) is 1.00. The normalized spacial score (nSPS) is 38.6. The molecule has 30 heavy (non-hydrogen) atoms. The largest absolute Gasteiger partial charge is 0.390 e. The molecule has 2 saturated heterocycles. The highest BCUT2D eigenvalue weighted by Gasteiger charge is 2.49. The lowest BCUT2D eigenvalue weighted by atomic mass is 9.69. The van der Waals surface area contributed by atoms with Crippen molar-refractivity contribution >= 4 is 12.0 Å². The van der Waals surface area contributed by atoms with Gasteiger partial charge in [0.15, 0.2) is 18.0 Å². The fourth-order valence-electron chi connectivity index (χ4n) is 3.87. The van der Waals surface area contributed by atoms with Crippen LogP contribution in [-0.2, 0) is 18.4 Å². The van der Waals surface area contributed by atoms with Crippen molar-refractivity contribution in [3.63, 3.8) is 0 Å². The second kappa shape index (κ2) is 10.8. The minimum absolute atomic E-state index is 0.167. The molecular weight excluding hydrogens is 412 g/mol. The van der Waals surface area contributed by atoms with E-state index in [9.17, 15) is 20.4 Å². The van der Waals surface area contributed by atoms with Crippen LogP contribution in [0, 0.1) is 11.3 Å². The SMILES string of the molecule is CCC(C)(CC)OC1OSC(OC2OCC(C(C)(CC)CC)C(O)C2O)C(O)C1O. The smallest absolute Gasteiger partial charge is 0.199 e. The second-order valence-corrected chi connectivity index (χ2v) is 9.82. The van der Waals surface area contributed by atoms with Gasteiger partial charge in [-0.15, -0.1) is 0 Å². The lowest BCUT2D eigenvalue weighted by Gasteiger charge is -2.47. The van der Waals surface area contributed by atoms with E-state index in [4.69, 9.17) is 18.4 Å². The van der Waals surface area contributed by atoms with Crippen LogP contribution in [-0.4, -0.2) is 75.1 Å². The van der Waals surface area contributed by atoms with E-state index in [1.807, 2.05) is 20.8 Å². The van der Waals surface area contributed by atoms with Gasteiger partial charge in [0.2, 0.25) is 0 Å². The van der Waals surface area contributed by atoms with E-state index < -0.39 is 48.0 Å². The zero-order valence-corrected chi connectivity index (χ0v) is 19.8. The third-order valence-corrected chi connectivity index (χ3v) is 8.19. The zero-order chi connectivity index (χ0) is 22.7. The predicted octanol–water partition coefficient (Wildman–Crippen LogP) is 2.17. The number of aliphatic hydroxyl groups is 4. The Kier molecular flexibility index (Phi) is 9.43. The Morgan fingerprint density at radius 3 is 1.93 bits per heavy atom. The molecule has 9 heteroatoms. The molecular formula is C21H40O8S. The lowest BCUT2D eigenvalue weighted by Crippen LogP contribution is -2.58. The van der Waals surface area contributed by atoms with E-state index in [0.29, 0.717) is 0 Å². The van der Waals surface area contributed by atoms with Crippen LogP contribution < -0.4 is 0 Å². The number of aliphatic hydroxyl groups excluding tert-OH is 4.